The van der Waals surface area contributed by atoms with Gasteiger partial charge in [-0.05, 0) is 30.6 Å². The predicted octanol–water partition coefficient (Wildman–Crippen LogP) is 1.53. The zero-order chi connectivity index (χ0) is 10.3. The van der Waals surface area contributed by atoms with Crippen molar-refractivity contribution in [2.24, 2.45) is 17.8 Å². The van der Waals surface area contributed by atoms with Crippen molar-refractivity contribution < 1.29 is 14.3 Å². The first kappa shape index (κ1) is 9.40. The van der Waals surface area contributed by atoms with Gasteiger partial charge in [-0.2, -0.15) is 0 Å². The number of esters is 1. The molecule has 15 heavy (non-hydrogen) atoms. The van der Waals surface area contributed by atoms with Crippen LogP contribution in [0.1, 0.15) is 19.3 Å². The number of allylic oxidation sites excluding steroid dienone is 2. The van der Waals surface area contributed by atoms with Gasteiger partial charge in [0.15, 0.2) is 0 Å². The number of carbonyl (C=O) groups excluding carboxylic acids is 1. The van der Waals surface area contributed by atoms with Crippen LogP contribution in [0.4, 0.5) is 0 Å². The van der Waals surface area contributed by atoms with Gasteiger partial charge in [-0.15, -0.1) is 0 Å². The van der Waals surface area contributed by atoms with Crippen molar-refractivity contribution >= 4 is 5.97 Å². The number of hydrogen-bond donors (Lipinski definition) is 0. The van der Waals surface area contributed by atoms with E-state index in [4.69, 9.17) is 9.47 Å². The fourth-order valence-electron chi connectivity index (χ4n) is 2.75. The van der Waals surface area contributed by atoms with Gasteiger partial charge in [0, 0.05) is 6.42 Å². The van der Waals surface area contributed by atoms with E-state index in [2.05, 4.69) is 12.2 Å². The van der Waals surface area contributed by atoms with E-state index in [1.807, 2.05) is 0 Å². The van der Waals surface area contributed by atoms with Crippen LogP contribution in [0.25, 0.3) is 0 Å². The standard InChI is InChI=1S/C12H16O3/c13-12(15-7-11-6-14-11)5-10-4-8-1-2-9(10)3-8/h1-2,8-11H,3-7H2. The second kappa shape index (κ2) is 3.63. The molecule has 0 radical (unpaired) electrons. The number of rotatable bonds is 4. The Morgan fingerprint density at radius 2 is 2.27 bits per heavy atom. The van der Waals surface area contributed by atoms with Crippen LogP contribution < -0.4 is 0 Å². The molecule has 4 unspecified atom stereocenters. The smallest absolute Gasteiger partial charge is 0.306 e. The topological polar surface area (TPSA) is 38.8 Å². The third-order valence-electron chi connectivity index (χ3n) is 3.68. The molecule has 0 spiro atoms. The van der Waals surface area contributed by atoms with Crippen LogP contribution in [0.3, 0.4) is 0 Å². The van der Waals surface area contributed by atoms with Gasteiger partial charge in [0.25, 0.3) is 0 Å². The molecule has 2 fully saturated rings. The van der Waals surface area contributed by atoms with E-state index in [1.165, 1.54) is 12.8 Å². The predicted molar refractivity (Wildman–Crippen MR) is 54.2 cm³/mol. The zero-order valence-corrected chi connectivity index (χ0v) is 8.72. The maximum Gasteiger partial charge on any atom is 0.306 e. The average Bonchev–Trinajstić information content (AvgIpc) is 2.84. The lowest BCUT2D eigenvalue weighted by molar-refractivity contribution is -0.145. The summed E-state index contributed by atoms with van der Waals surface area (Å²) in [6, 6.07) is 0. The molecule has 1 saturated carbocycles. The Balaban J connectivity index is 1.44. The van der Waals surface area contributed by atoms with Gasteiger partial charge < -0.3 is 9.47 Å². The van der Waals surface area contributed by atoms with E-state index in [9.17, 15) is 4.79 Å². The monoisotopic (exact) mass is 208 g/mol. The van der Waals surface area contributed by atoms with Gasteiger partial charge >= 0.3 is 5.97 Å². The summed E-state index contributed by atoms with van der Waals surface area (Å²) in [6.07, 6.45) is 7.78. The quantitative estimate of drug-likeness (QED) is 0.399. The third-order valence-corrected chi connectivity index (χ3v) is 3.68. The van der Waals surface area contributed by atoms with Crippen molar-refractivity contribution in [2.75, 3.05) is 13.2 Å². The lowest BCUT2D eigenvalue weighted by Crippen LogP contribution is -2.17. The van der Waals surface area contributed by atoms with E-state index in [-0.39, 0.29) is 12.1 Å². The molecule has 3 rings (SSSR count). The minimum Gasteiger partial charge on any atom is -0.463 e. The van der Waals surface area contributed by atoms with Gasteiger partial charge in [-0.25, -0.2) is 0 Å². The Bertz CT molecular complexity index is 293. The molecule has 2 bridgehead atoms. The van der Waals surface area contributed by atoms with E-state index in [0.717, 1.165) is 12.5 Å². The molecule has 3 nitrogen and oxygen atoms in total. The summed E-state index contributed by atoms with van der Waals surface area (Å²) in [5.74, 6) is 1.86. The highest BCUT2D eigenvalue weighted by molar-refractivity contribution is 5.70. The van der Waals surface area contributed by atoms with Gasteiger partial charge in [0.1, 0.15) is 12.7 Å². The van der Waals surface area contributed by atoms with Gasteiger partial charge in [-0.1, -0.05) is 12.2 Å². The fourth-order valence-corrected chi connectivity index (χ4v) is 2.75. The van der Waals surface area contributed by atoms with Crippen molar-refractivity contribution in [1.29, 1.82) is 0 Å². The second-order valence-electron chi connectivity index (χ2n) is 4.88. The molecule has 3 aliphatic rings. The summed E-state index contributed by atoms with van der Waals surface area (Å²) in [5.41, 5.74) is 0. The molecule has 0 N–H and O–H groups in total. The van der Waals surface area contributed by atoms with Crippen LogP contribution >= 0.6 is 0 Å². The van der Waals surface area contributed by atoms with Gasteiger partial charge in [0.2, 0.25) is 0 Å². The zero-order valence-electron chi connectivity index (χ0n) is 8.72. The maximum atomic E-state index is 11.5. The summed E-state index contributed by atoms with van der Waals surface area (Å²) in [4.78, 5) is 11.5. The SMILES string of the molecule is O=C(CC1CC2C=CC1C2)OCC1CO1. The summed E-state index contributed by atoms with van der Waals surface area (Å²) in [6.45, 7) is 1.21. The molecule has 0 aromatic heterocycles. The van der Waals surface area contributed by atoms with Crippen LogP contribution in [0.2, 0.25) is 0 Å². The molecule has 82 valence electrons. The maximum absolute atomic E-state index is 11.5. The Morgan fingerprint density at radius 1 is 1.40 bits per heavy atom. The van der Waals surface area contributed by atoms with Crippen molar-refractivity contribution in [2.45, 2.75) is 25.4 Å². The van der Waals surface area contributed by atoms with Gasteiger partial charge in [-0.3, -0.25) is 4.79 Å². The first-order valence-corrected chi connectivity index (χ1v) is 5.77. The Kier molecular flexibility index (Phi) is 2.28. The molecule has 0 aromatic carbocycles. The van der Waals surface area contributed by atoms with Crippen LogP contribution in [0.5, 0.6) is 0 Å². The van der Waals surface area contributed by atoms with Crippen molar-refractivity contribution in [1.82, 2.24) is 0 Å². The summed E-state index contributed by atoms with van der Waals surface area (Å²) >= 11 is 0. The Labute approximate surface area is 89.4 Å². The molecule has 1 saturated heterocycles. The lowest BCUT2D eigenvalue weighted by atomic mass is 9.91. The van der Waals surface area contributed by atoms with E-state index >= 15 is 0 Å². The third kappa shape index (κ3) is 2.07. The highest BCUT2D eigenvalue weighted by atomic mass is 16.6. The average molecular weight is 208 g/mol. The molecule has 3 heteroatoms. The number of epoxide rings is 1. The van der Waals surface area contributed by atoms with Gasteiger partial charge in [0.05, 0.1) is 6.61 Å². The highest BCUT2D eigenvalue weighted by Crippen LogP contribution is 2.44. The number of carbonyl (C=O) groups is 1. The summed E-state index contributed by atoms with van der Waals surface area (Å²) < 4.78 is 10.1. The van der Waals surface area contributed by atoms with Crippen molar-refractivity contribution in [3.05, 3.63) is 12.2 Å². The van der Waals surface area contributed by atoms with Crippen molar-refractivity contribution in [3.8, 4) is 0 Å². The summed E-state index contributed by atoms with van der Waals surface area (Å²) in [5, 5.41) is 0. The molecule has 1 aliphatic heterocycles. The molecule has 1 heterocycles. The second-order valence-corrected chi connectivity index (χ2v) is 4.88. The Hall–Kier alpha value is -0.830. The summed E-state index contributed by atoms with van der Waals surface area (Å²) in [7, 11) is 0. The van der Waals surface area contributed by atoms with Crippen LogP contribution in [-0.4, -0.2) is 25.3 Å². The first-order valence-electron chi connectivity index (χ1n) is 5.77. The Morgan fingerprint density at radius 3 is 2.87 bits per heavy atom. The van der Waals surface area contributed by atoms with Crippen LogP contribution in [0, 0.1) is 17.8 Å². The normalized spacial score (nSPS) is 40.8. The largest absolute Gasteiger partial charge is 0.463 e. The lowest BCUT2D eigenvalue weighted by Gasteiger charge is -2.16. The van der Waals surface area contributed by atoms with E-state index in [0.29, 0.717) is 24.9 Å². The van der Waals surface area contributed by atoms with E-state index in [1.54, 1.807) is 0 Å². The number of hydrogen-bond acceptors (Lipinski definition) is 3. The molecular formula is C12H16O3. The minimum atomic E-state index is -0.0450. The first-order chi connectivity index (χ1) is 7.31. The molecule has 0 amide bonds. The van der Waals surface area contributed by atoms with Crippen LogP contribution in [0.15, 0.2) is 12.2 Å². The number of ether oxygens (including phenoxy) is 2. The number of fused-ring (bicyclic) bond motifs is 2. The van der Waals surface area contributed by atoms with Crippen molar-refractivity contribution in [3.63, 3.8) is 0 Å². The molecule has 2 aliphatic carbocycles. The molecule has 4 atom stereocenters. The minimum absolute atomic E-state index is 0.0450. The van der Waals surface area contributed by atoms with Crippen LogP contribution in [-0.2, 0) is 14.3 Å². The highest BCUT2D eigenvalue weighted by Gasteiger charge is 2.37. The van der Waals surface area contributed by atoms with E-state index < -0.39 is 0 Å². The molecular weight excluding hydrogens is 192 g/mol. The molecule has 0 aromatic rings. The fraction of sp³-hybridized carbons (Fsp3) is 0.750.